The molecule has 2 N–H and O–H groups in total. The molecule has 184 valence electrons. The summed E-state index contributed by atoms with van der Waals surface area (Å²) in [5.41, 5.74) is 4.25. The van der Waals surface area contributed by atoms with Crippen LogP contribution in [0.15, 0.2) is 48.5 Å². The van der Waals surface area contributed by atoms with Gasteiger partial charge in [-0.15, -0.1) is 0 Å². The Balaban J connectivity index is 1.16. The Bertz CT molecular complexity index is 1120. The van der Waals surface area contributed by atoms with Crippen molar-refractivity contribution in [3.05, 3.63) is 59.7 Å². The highest BCUT2D eigenvalue weighted by Crippen LogP contribution is 2.56. The number of benzene rings is 2. The molecule has 1 saturated heterocycles. The van der Waals surface area contributed by atoms with Crippen LogP contribution >= 0.6 is 0 Å². The molecule has 3 atom stereocenters. The molecule has 1 saturated carbocycles. The first-order valence-corrected chi connectivity index (χ1v) is 11.8. The fourth-order valence-electron chi connectivity index (χ4n) is 5.40. The van der Waals surface area contributed by atoms with Gasteiger partial charge >= 0.3 is 12.1 Å². The summed E-state index contributed by atoms with van der Waals surface area (Å²) in [5, 5.41) is 11.6. The number of carbonyl (C=O) groups excluding carboxylic acids is 2. The Kier molecular flexibility index (Phi) is 5.94. The molecule has 0 aromatic heterocycles. The molecule has 0 spiro atoms. The second-order valence-electron chi connectivity index (χ2n) is 9.43. The van der Waals surface area contributed by atoms with Crippen molar-refractivity contribution < 1.29 is 33.0 Å². The molecule has 7 nitrogen and oxygen atoms in total. The maximum Gasteiger partial charge on any atom is 0.407 e. The van der Waals surface area contributed by atoms with Gasteiger partial charge in [-0.1, -0.05) is 48.5 Å². The molecule has 2 fully saturated rings. The van der Waals surface area contributed by atoms with Gasteiger partial charge in [0.1, 0.15) is 12.5 Å². The predicted octanol–water partition coefficient (Wildman–Crippen LogP) is 3.73. The molecule has 0 bridgehead atoms. The fraction of sp³-hybridized carbons (Fsp3) is 0.423. The Labute approximate surface area is 201 Å². The lowest BCUT2D eigenvalue weighted by Crippen LogP contribution is -2.43. The monoisotopic (exact) mass is 484 g/mol. The standard InChI is InChI=1S/C26H26F2N2O5/c27-26(28)21(22(26)23(31)30-11-5-6-15(13-30)24(32)33)12-29-25(34)35-14-20-18-9-3-1-7-16(18)17-8-2-4-10-19(17)20/h1-4,7-10,15,20-22H,5-6,11-14H2,(H,29,34)(H,32,33)/t15-,21?,22?/m0/s1. The lowest BCUT2D eigenvalue weighted by Gasteiger charge is -2.30. The van der Waals surface area contributed by atoms with E-state index in [1.807, 2.05) is 48.5 Å². The van der Waals surface area contributed by atoms with Crippen molar-refractivity contribution in [1.29, 1.82) is 0 Å². The summed E-state index contributed by atoms with van der Waals surface area (Å²) < 4.78 is 34.1. The number of likely N-dealkylation sites (tertiary alicyclic amines) is 1. The van der Waals surface area contributed by atoms with Crippen molar-refractivity contribution >= 4 is 18.0 Å². The number of alkyl carbamates (subject to hydrolysis) is 1. The van der Waals surface area contributed by atoms with E-state index in [0.717, 1.165) is 22.3 Å². The summed E-state index contributed by atoms with van der Waals surface area (Å²) in [5.74, 6) is -8.80. The topological polar surface area (TPSA) is 95.9 Å². The van der Waals surface area contributed by atoms with Gasteiger partial charge in [0.15, 0.2) is 0 Å². The number of rotatable bonds is 6. The van der Waals surface area contributed by atoms with Crippen molar-refractivity contribution in [2.24, 2.45) is 17.8 Å². The van der Waals surface area contributed by atoms with Gasteiger partial charge in [0.05, 0.1) is 11.8 Å². The normalized spacial score (nSPS) is 24.3. The van der Waals surface area contributed by atoms with Crippen LogP contribution in [0.3, 0.4) is 0 Å². The first kappa shape index (κ1) is 23.3. The minimum atomic E-state index is -3.25. The van der Waals surface area contributed by atoms with E-state index in [0.29, 0.717) is 12.8 Å². The second kappa shape index (κ2) is 8.94. The lowest BCUT2D eigenvalue weighted by molar-refractivity contribution is -0.146. The van der Waals surface area contributed by atoms with Crippen LogP contribution < -0.4 is 5.32 Å². The number of carboxylic acids is 1. The Morgan fingerprint density at radius 2 is 1.69 bits per heavy atom. The summed E-state index contributed by atoms with van der Waals surface area (Å²) in [6.45, 7) is -0.126. The zero-order valence-corrected chi connectivity index (χ0v) is 19.0. The number of ether oxygens (including phenoxy) is 1. The van der Waals surface area contributed by atoms with Crippen LogP contribution in [-0.4, -0.2) is 60.1 Å². The molecular formula is C26H26F2N2O5. The summed E-state index contributed by atoms with van der Waals surface area (Å²) in [4.78, 5) is 37.4. The number of hydrogen-bond acceptors (Lipinski definition) is 4. The van der Waals surface area contributed by atoms with Crippen LogP contribution in [-0.2, 0) is 14.3 Å². The molecular weight excluding hydrogens is 458 g/mol. The van der Waals surface area contributed by atoms with E-state index >= 15 is 0 Å². The average Bonchev–Trinajstić information content (AvgIpc) is 3.26. The number of halogens is 2. The number of amides is 2. The van der Waals surface area contributed by atoms with Crippen molar-refractivity contribution in [3.8, 4) is 11.1 Å². The minimum absolute atomic E-state index is 0.0622. The van der Waals surface area contributed by atoms with Gasteiger partial charge in [-0.05, 0) is 35.1 Å². The Hall–Kier alpha value is -3.49. The molecule has 2 unspecified atom stereocenters. The average molecular weight is 484 g/mol. The number of fused-ring (bicyclic) bond motifs is 3. The van der Waals surface area contributed by atoms with Crippen LogP contribution in [0.1, 0.15) is 29.9 Å². The number of aliphatic carboxylic acids is 1. The van der Waals surface area contributed by atoms with E-state index < -0.39 is 48.2 Å². The molecule has 1 heterocycles. The molecule has 2 aliphatic carbocycles. The largest absolute Gasteiger partial charge is 0.481 e. The number of carbonyl (C=O) groups is 3. The summed E-state index contributed by atoms with van der Waals surface area (Å²) in [6.07, 6.45) is 0.0704. The van der Waals surface area contributed by atoms with Crippen LogP contribution in [0.4, 0.5) is 13.6 Å². The predicted molar refractivity (Wildman–Crippen MR) is 122 cm³/mol. The smallest absolute Gasteiger partial charge is 0.407 e. The molecule has 2 amide bonds. The van der Waals surface area contributed by atoms with Crippen molar-refractivity contribution in [2.45, 2.75) is 24.7 Å². The van der Waals surface area contributed by atoms with E-state index in [1.165, 1.54) is 4.90 Å². The first-order chi connectivity index (χ1) is 16.8. The molecule has 0 radical (unpaired) electrons. The fourth-order valence-corrected chi connectivity index (χ4v) is 5.40. The maximum atomic E-state index is 14.4. The van der Waals surface area contributed by atoms with E-state index in [9.17, 15) is 28.3 Å². The Morgan fingerprint density at radius 1 is 1.06 bits per heavy atom. The minimum Gasteiger partial charge on any atom is -0.481 e. The highest BCUT2D eigenvalue weighted by Gasteiger charge is 2.72. The number of hydrogen-bond donors (Lipinski definition) is 2. The van der Waals surface area contributed by atoms with Crippen molar-refractivity contribution in [1.82, 2.24) is 10.2 Å². The highest BCUT2D eigenvalue weighted by molar-refractivity contribution is 5.85. The van der Waals surface area contributed by atoms with E-state index in [-0.39, 0.29) is 25.6 Å². The molecule has 35 heavy (non-hydrogen) atoms. The quantitative estimate of drug-likeness (QED) is 0.652. The van der Waals surface area contributed by atoms with E-state index in [4.69, 9.17) is 4.74 Å². The number of alkyl halides is 2. The first-order valence-electron chi connectivity index (χ1n) is 11.8. The summed E-state index contributed by atoms with van der Waals surface area (Å²) in [7, 11) is 0. The molecule has 9 heteroatoms. The highest BCUT2D eigenvalue weighted by atomic mass is 19.3. The molecule has 2 aromatic carbocycles. The van der Waals surface area contributed by atoms with Gasteiger partial charge in [0.25, 0.3) is 5.92 Å². The summed E-state index contributed by atoms with van der Waals surface area (Å²) in [6, 6.07) is 15.7. The number of carboxylic acid groups (broad SMARTS) is 1. The molecule has 3 aliphatic rings. The Morgan fingerprint density at radius 3 is 2.31 bits per heavy atom. The number of nitrogens with one attached hydrogen (secondary N) is 1. The van der Waals surface area contributed by atoms with Gasteiger partial charge in [-0.2, -0.15) is 0 Å². The maximum absolute atomic E-state index is 14.4. The van der Waals surface area contributed by atoms with Crippen LogP contribution in [0.25, 0.3) is 11.1 Å². The second-order valence-corrected chi connectivity index (χ2v) is 9.43. The molecule has 2 aromatic rings. The number of piperidine rings is 1. The van der Waals surface area contributed by atoms with Crippen LogP contribution in [0.5, 0.6) is 0 Å². The van der Waals surface area contributed by atoms with Crippen LogP contribution in [0.2, 0.25) is 0 Å². The molecule has 1 aliphatic heterocycles. The third kappa shape index (κ3) is 4.24. The van der Waals surface area contributed by atoms with Gasteiger partial charge in [-0.3, -0.25) is 9.59 Å². The van der Waals surface area contributed by atoms with Gasteiger partial charge in [0.2, 0.25) is 5.91 Å². The van der Waals surface area contributed by atoms with Crippen molar-refractivity contribution in [3.63, 3.8) is 0 Å². The van der Waals surface area contributed by atoms with Gasteiger partial charge in [0, 0.05) is 25.6 Å². The van der Waals surface area contributed by atoms with E-state index in [2.05, 4.69) is 5.32 Å². The van der Waals surface area contributed by atoms with Crippen molar-refractivity contribution in [2.75, 3.05) is 26.2 Å². The third-order valence-electron chi connectivity index (χ3n) is 7.36. The van der Waals surface area contributed by atoms with Crippen LogP contribution in [0, 0.1) is 17.8 Å². The third-order valence-corrected chi connectivity index (χ3v) is 7.36. The zero-order chi connectivity index (χ0) is 24.7. The lowest BCUT2D eigenvalue weighted by atomic mass is 9.98. The van der Waals surface area contributed by atoms with E-state index in [1.54, 1.807) is 0 Å². The van der Waals surface area contributed by atoms with Gasteiger partial charge in [-0.25, -0.2) is 13.6 Å². The van der Waals surface area contributed by atoms with Gasteiger partial charge < -0.3 is 20.1 Å². The SMILES string of the molecule is O=C(NCC1C(C(=O)N2CCC[C@H](C(=O)O)C2)C1(F)F)OCC1c2ccccc2-c2ccccc21. The molecule has 5 rings (SSSR count). The zero-order valence-electron chi connectivity index (χ0n) is 19.0. The number of nitrogens with zero attached hydrogens (tertiary/aromatic N) is 1. The summed E-state index contributed by atoms with van der Waals surface area (Å²) >= 11 is 0.